The minimum absolute atomic E-state index is 0.160. The quantitative estimate of drug-likeness (QED) is 0.723. The minimum Gasteiger partial charge on any atom is -0.264 e. The number of sulfonamides is 1. The fourth-order valence-corrected chi connectivity index (χ4v) is 3.58. The molecule has 3 rings (SSSR count). The molecular weight excluding hydrogens is 314 g/mol. The third-order valence-corrected chi connectivity index (χ3v) is 5.44. The molecule has 0 aromatic carbocycles. The molecule has 0 N–H and O–H groups in total. The van der Waals surface area contributed by atoms with Crippen LogP contribution in [0.25, 0.3) is 11.0 Å². The van der Waals surface area contributed by atoms with Crippen LogP contribution in [0.2, 0.25) is 0 Å². The van der Waals surface area contributed by atoms with Gasteiger partial charge >= 0.3 is 0 Å². The van der Waals surface area contributed by atoms with Crippen LogP contribution < -0.4 is 0 Å². The van der Waals surface area contributed by atoms with Crippen LogP contribution in [0.5, 0.6) is 0 Å². The van der Waals surface area contributed by atoms with Crippen molar-refractivity contribution in [3.63, 3.8) is 0 Å². The predicted molar refractivity (Wildman–Crippen MR) is 86.1 cm³/mol. The summed E-state index contributed by atoms with van der Waals surface area (Å²) in [5, 5.41) is 5.00. The molecule has 0 radical (unpaired) electrons. The van der Waals surface area contributed by atoms with Crippen molar-refractivity contribution in [3.05, 3.63) is 48.0 Å². The largest absolute Gasteiger partial charge is 0.264 e. The van der Waals surface area contributed by atoms with Crippen molar-refractivity contribution in [2.75, 3.05) is 7.05 Å². The van der Waals surface area contributed by atoms with Gasteiger partial charge in [-0.3, -0.25) is 9.67 Å². The zero-order chi connectivity index (χ0) is 16.6. The summed E-state index contributed by atoms with van der Waals surface area (Å²) >= 11 is 0. The second-order valence-electron chi connectivity index (χ2n) is 5.37. The second kappa shape index (κ2) is 5.71. The van der Waals surface area contributed by atoms with Gasteiger partial charge in [-0.15, -0.1) is 0 Å². The molecule has 0 bridgehead atoms. The summed E-state index contributed by atoms with van der Waals surface area (Å²) in [4.78, 5) is 8.40. The SMILES string of the molecule is Cc1nn(C)c2ncc(S(=O)(=O)N(C)Cc3cccnc3)cc12. The van der Waals surface area contributed by atoms with Gasteiger partial charge in [0.25, 0.3) is 0 Å². The van der Waals surface area contributed by atoms with Crippen molar-refractivity contribution in [3.8, 4) is 0 Å². The Morgan fingerprint density at radius 3 is 2.78 bits per heavy atom. The zero-order valence-electron chi connectivity index (χ0n) is 13.1. The van der Waals surface area contributed by atoms with Gasteiger partial charge in [0.05, 0.1) is 5.69 Å². The van der Waals surface area contributed by atoms with Crippen molar-refractivity contribution < 1.29 is 8.42 Å². The van der Waals surface area contributed by atoms with Gasteiger partial charge in [-0.2, -0.15) is 9.40 Å². The Kier molecular flexibility index (Phi) is 3.87. The molecular formula is C15H17N5O2S. The average molecular weight is 331 g/mol. The Morgan fingerprint density at radius 2 is 2.09 bits per heavy atom. The number of rotatable bonds is 4. The van der Waals surface area contributed by atoms with Crippen LogP contribution in [-0.2, 0) is 23.6 Å². The lowest BCUT2D eigenvalue weighted by Gasteiger charge is -2.17. The van der Waals surface area contributed by atoms with Crippen LogP contribution in [0, 0.1) is 6.92 Å². The van der Waals surface area contributed by atoms with Crippen LogP contribution >= 0.6 is 0 Å². The van der Waals surface area contributed by atoms with Gasteiger partial charge in [0.1, 0.15) is 4.90 Å². The third-order valence-electron chi connectivity index (χ3n) is 3.67. The molecule has 0 spiro atoms. The lowest BCUT2D eigenvalue weighted by atomic mass is 10.3. The highest BCUT2D eigenvalue weighted by Gasteiger charge is 2.23. The summed E-state index contributed by atoms with van der Waals surface area (Å²) in [7, 11) is -0.303. The van der Waals surface area contributed by atoms with Gasteiger partial charge in [0, 0.05) is 44.6 Å². The van der Waals surface area contributed by atoms with Gasteiger partial charge in [0.2, 0.25) is 10.0 Å². The monoisotopic (exact) mass is 331 g/mol. The maximum Gasteiger partial charge on any atom is 0.244 e. The normalized spacial score (nSPS) is 12.2. The number of fused-ring (bicyclic) bond motifs is 1. The van der Waals surface area contributed by atoms with E-state index in [2.05, 4.69) is 15.1 Å². The van der Waals surface area contributed by atoms with E-state index in [1.165, 1.54) is 10.5 Å². The molecule has 3 aromatic rings. The number of hydrogen-bond acceptors (Lipinski definition) is 5. The highest BCUT2D eigenvalue weighted by Crippen LogP contribution is 2.22. The number of aryl methyl sites for hydroxylation is 2. The molecule has 0 unspecified atom stereocenters. The summed E-state index contributed by atoms with van der Waals surface area (Å²) in [6, 6.07) is 5.24. The molecule has 0 aliphatic rings. The first kappa shape index (κ1) is 15.6. The lowest BCUT2D eigenvalue weighted by molar-refractivity contribution is 0.466. The molecule has 0 saturated carbocycles. The summed E-state index contributed by atoms with van der Waals surface area (Å²) in [6.45, 7) is 2.08. The van der Waals surface area contributed by atoms with E-state index in [0.29, 0.717) is 5.65 Å². The fraction of sp³-hybridized carbons (Fsp3) is 0.267. The van der Waals surface area contributed by atoms with Crippen LogP contribution in [0.1, 0.15) is 11.3 Å². The summed E-state index contributed by atoms with van der Waals surface area (Å²) in [5.74, 6) is 0. The maximum absolute atomic E-state index is 12.7. The van der Waals surface area contributed by atoms with E-state index < -0.39 is 10.0 Å². The Balaban J connectivity index is 1.97. The van der Waals surface area contributed by atoms with E-state index in [1.807, 2.05) is 13.0 Å². The molecule has 0 atom stereocenters. The first-order valence-electron chi connectivity index (χ1n) is 7.04. The highest BCUT2D eigenvalue weighted by atomic mass is 32.2. The van der Waals surface area contributed by atoms with Gasteiger partial charge in [-0.05, 0) is 24.6 Å². The molecule has 0 aliphatic carbocycles. The van der Waals surface area contributed by atoms with Gasteiger partial charge in [-0.25, -0.2) is 13.4 Å². The molecule has 0 fully saturated rings. The first-order chi connectivity index (χ1) is 10.9. The highest BCUT2D eigenvalue weighted by molar-refractivity contribution is 7.89. The molecule has 0 aliphatic heterocycles. The number of aromatic nitrogens is 4. The molecule has 8 heteroatoms. The van der Waals surface area contributed by atoms with E-state index in [-0.39, 0.29) is 11.4 Å². The van der Waals surface area contributed by atoms with Crippen molar-refractivity contribution in [1.29, 1.82) is 0 Å². The molecule has 23 heavy (non-hydrogen) atoms. The Morgan fingerprint density at radius 1 is 1.30 bits per heavy atom. The zero-order valence-corrected chi connectivity index (χ0v) is 13.9. The van der Waals surface area contributed by atoms with Crippen molar-refractivity contribution in [2.45, 2.75) is 18.4 Å². The smallest absolute Gasteiger partial charge is 0.244 e. The lowest BCUT2D eigenvalue weighted by Crippen LogP contribution is -2.26. The Hall–Kier alpha value is -2.32. The summed E-state index contributed by atoms with van der Waals surface area (Å²) in [6.07, 6.45) is 4.68. The topological polar surface area (TPSA) is 81.0 Å². The van der Waals surface area contributed by atoms with E-state index in [4.69, 9.17) is 0 Å². The molecule has 3 heterocycles. The number of nitrogens with zero attached hydrogens (tertiary/aromatic N) is 5. The average Bonchev–Trinajstić information content (AvgIpc) is 2.82. The van der Waals surface area contributed by atoms with E-state index in [1.54, 1.807) is 43.3 Å². The van der Waals surface area contributed by atoms with Crippen molar-refractivity contribution >= 4 is 21.1 Å². The standard InChI is InChI=1S/C15H17N5O2S/c1-11-14-7-13(9-17-15(14)20(3)18-11)23(21,22)19(2)10-12-5-4-6-16-8-12/h4-9H,10H2,1-3H3. The molecule has 120 valence electrons. The summed E-state index contributed by atoms with van der Waals surface area (Å²) in [5.41, 5.74) is 2.24. The maximum atomic E-state index is 12.7. The van der Waals surface area contributed by atoms with E-state index >= 15 is 0 Å². The molecule has 0 amide bonds. The second-order valence-corrected chi connectivity index (χ2v) is 7.42. The van der Waals surface area contributed by atoms with Crippen LogP contribution in [0.15, 0.2) is 41.7 Å². The fourth-order valence-electron chi connectivity index (χ4n) is 2.44. The van der Waals surface area contributed by atoms with Gasteiger partial charge in [-0.1, -0.05) is 6.07 Å². The molecule has 7 nitrogen and oxygen atoms in total. The van der Waals surface area contributed by atoms with Gasteiger partial charge in [0.15, 0.2) is 5.65 Å². The third kappa shape index (κ3) is 2.82. The predicted octanol–water partition coefficient (Wildman–Crippen LogP) is 1.49. The van der Waals surface area contributed by atoms with E-state index in [0.717, 1.165) is 16.6 Å². The Labute approximate surface area is 134 Å². The van der Waals surface area contributed by atoms with Crippen LogP contribution in [0.3, 0.4) is 0 Å². The van der Waals surface area contributed by atoms with Crippen LogP contribution in [0.4, 0.5) is 0 Å². The van der Waals surface area contributed by atoms with Crippen LogP contribution in [-0.4, -0.2) is 39.5 Å². The summed E-state index contributed by atoms with van der Waals surface area (Å²) < 4.78 is 28.4. The van der Waals surface area contributed by atoms with Gasteiger partial charge < -0.3 is 0 Å². The first-order valence-corrected chi connectivity index (χ1v) is 8.48. The van der Waals surface area contributed by atoms with Crippen molar-refractivity contribution in [2.24, 2.45) is 7.05 Å². The minimum atomic E-state index is -3.63. The van der Waals surface area contributed by atoms with Crippen molar-refractivity contribution in [1.82, 2.24) is 24.1 Å². The molecule has 0 saturated heterocycles. The number of hydrogen-bond donors (Lipinski definition) is 0. The number of pyridine rings is 2. The Bertz CT molecular complexity index is 951. The molecule has 3 aromatic heterocycles. The van der Waals surface area contributed by atoms with E-state index in [9.17, 15) is 8.42 Å².